The molecule has 2 rings (SSSR count). The largest absolute Gasteiger partial charge is 0.352 e. The second-order valence-electron chi connectivity index (χ2n) is 5.65. The molecule has 98 valence electrons. The molecule has 1 aliphatic carbocycles. The van der Waals surface area contributed by atoms with Gasteiger partial charge in [-0.2, -0.15) is 0 Å². The number of piperidine rings is 1. The molecule has 2 unspecified atom stereocenters. The number of carbonyl (C=O) groups is 1. The molecule has 2 N–H and O–H groups in total. The van der Waals surface area contributed by atoms with Crippen LogP contribution in [-0.4, -0.2) is 24.5 Å². The van der Waals surface area contributed by atoms with Gasteiger partial charge in [0.1, 0.15) is 0 Å². The summed E-state index contributed by atoms with van der Waals surface area (Å²) < 4.78 is 0. The van der Waals surface area contributed by atoms with E-state index >= 15 is 0 Å². The SMILES string of the molecule is CCC1CCNC(C(=O)NC2CCCCC2)C1. The summed E-state index contributed by atoms with van der Waals surface area (Å²) in [4.78, 5) is 12.2. The first-order valence-corrected chi connectivity index (χ1v) is 7.33. The van der Waals surface area contributed by atoms with E-state index < -0.39 is 0 Å². The molecule has 0 aromatic heterocycles. The summed E-state index contributed by atoms with van der Waals surface area (Å²) in [6.45, 7) is 3.23. The van der Waals surface area contributed by atoms with E-state index in [2.05, 4.69) is 17.6 Å². The average molecular weight is 238 g/mol. The topological polar surface area (TPSA) is 41.1 Å². The Morgan fingerprint density at radius 2 is 2.00 bits per heavy atom. The molecule has 0 aromatic carbocycles. The van der Waals surface area contributed by atoms with Gasteiger partial charge in [0.2, 0.25) is 5.91 Å². The van der Waals surface area contributed by atoms with Gasteiger partial charge in [-0.25, -0.2) is 0 Å². The molecule has 2 aliphatic rings. The van der Waals surface area contributed by atoms with E-state index in [1.165, 1.54) is 44.9 Å². The van der Waals surface area contributed by atoms with Crippen LogP contribution in [0.2, 0.25) is 0 Å². The fourth-order valence-corrected chi connectivity index (χ4v) is 3.12. The Kier molecular flexibility index (Phi) is 4.84. The van der Waals surface area contributed by atoms with Crippen molar-refractivity contribution in [2.45, 2.75) is 70.4 Å². The zero-order valence-corrected chi connectivity index (χ0v) is 11.0. The molecule has 3 heteroatoms. The highest BCUT2D eigenvalue weighted by Crippen LogP contribution is 2.21. The molecule has 2 atom stereocenters. The van der Waals surface area contributed by atoms with Crippen LogP contribution < -0.4 is 10.6 Å². The number of nitrogens with one attached hydrogen (secondary N) is 2. The Morgan fingerprint density at radius 3 is 2.71 bits per heavy atom. The molecule has 1 amide bonds. The van der Waals surface area contributed by atoms with Crippen molar-refractivity contribution in [3.8, 4) is 0 Å². The molecular formula is C14H26N2O. The predicted molar refractivity (Wildman–Crippen MR) is 69.8 cm³/mol. The van der Waals surface area contributed by atoms with Crippen LogP contribution in [0.5, 0.6) is 0 Å². The summed E-state index contributed by atoms with van der Waals surface area (Å²) in [6, 6.07) is 0.510. The van der Waals surface area contributed by atoms with Crippen LogP contribution in [0.15, 0.2) is 0 Å². The Balaban J connectivity index is 1.78. The summed E-state index contributed by atoms with van der Waals surface area (Å²) in [6.07, 6.45) is 9.70. The van der Waals surface area contributed by atoms with Gasteiger partial charge in [-0.15, -0.1) is 0 Å². The maximum absolute atomic E-state index is 12.2. The maximum atomic E-state index is 12.2. The van der Waals surface area contributed by atoms with Crippen LogP contribution in [-0.2, 0) is 4.79 Å². The van der Waals surface area contributed by atoms with E-state index in [0.717, 1.165) is 18.9 Å². The number of rotatable bonds is 3. The maximum Gasteiger partial charge on any atom is 0.237 e. The van der Waals surface area contributed by atoms with Gasteiger partial charge < -0.3 is 10.6 Å². The van der Waals surface area contributed by atoms with Crippen LogP contribution in [0.25, 0.3) is 0 Å². The smallest absolute Gasteiger partial charge is 0.237 e. The molecule has 1 heterocycles. The fraction of sp³-hybridized carbons (Fsp3) is 0.929. The third-order valence-electron chi connectivity index (χ3n) is 4.36. The van der Waals surface area contributed by atoms with Crippen molar-refractivity contribution in [2.24, 2.45) is 5.92 Å². The minimum Gasteiger partial charge on any atom is -0.352 e. The molecule has 0 spiro atoms. The quantitative estimate of drug-likeness (QED) is 0.791. The fourth-order valence-electron chi connectivity index (χ4n) is 3.12. The zero-order valence-electron chi connectivity index (χ0n) is 11.0. The summed E-state index contributed by atoms with van der Waals surface area (Å²) in [5.74, 6) is 0.980. The molecule has 1 saturated carbocycles. The summed E-state index contributed by atoms with van der Waals surface area (Å²) in [5, 5.41) is 6.59. The van der Waals surface area contributed by atoms with E-state index in [4.69, 9.17) is 0 Å². The van der Waals surface area contributed by atoms with Crippen molar-refractivity contribution in [3.63, 3.8) is 0 Å². The van der Waals surface area contributed by atoms with Crippen LogP contribution in [0.3, 0.4) is 0 Å². The number of carbonyl (C=O) groups excluding carboxylic acids is 1. The molecule has 3 nitrogen and oxygen atoms in total. The van der Waals surface area contributed by atoms with Crippen LogP contribution >= 0.6 is 0 Å². The first-order valence-electron chi connectivity index (χ1n) is 7.33. The lowest BCUT2D eigenvalue weighted by atomic mass is 9.89. The molecule has 0 aromatic rings. The van der Waals surface area contributed by atoms with Crippen molar-refractivity contribution < 1.29 is 4.79 Å². The minimum atomic E-state index is 0.0654. The highest BCUT2D eigenvalue weighted by Gasteiger charge is 2.27. The molecule has 1 aliphatic heterocycles. The monoisotopic (exact) mass is 238 g/mol. The van der Waals surface area contributed by atoms with Crippen molar-refractivity contribution in [1.29, 1.82) is 0 Å². The molecule has 0 bridgehead atoms. The Bertz CT molecular complexity index is 249. The van der Waals surface area contributed by atoms with Gasteiger partial charge in [-0.3, -0.25) is 4.79 Å². The van der Waals surface area contributed by atoms with E-state index in [1.807, 2.05) is 0 Å². The van der Waals surface area contributed by atoms with E-state index in [1.54, 1.807) is 0 Å². The standard InChI is InChI=1S/C14H26N2O/c1-2-11-8-9-15-13(10-11)14(17)16-12-6-4-3-5-7-12/h11-13,15H,2-10H2,1H3,(H,16,17). The highest BCUT2D eigenvalue weighted by molar-refractivity contribution is 5.82. The molecule has 1 saturated heterocycles. The van der Waals surface area contributed by atoms with Gasteiger partial charge in [0.05, 0.1) is 6.04 Å². The third kappa shape index (κ3) is 3.70. The third-order valence-corrected chi connectivity index (χ3v) is 4.36. The van der Waals surface area contributed by atoms with E-state index in [9.17, 15) is 4.79 Å². The second-order valence-corrected chi connectivity index (χ2v) is 5.65. The van der Waals surface area contributed by atoms with Gasteiger partial charge in [0, 0.05) is 6.04 Å². The zero-order chi connectivity index (χ0) is 12.1. The lowest BCUT2D eigenvalue weighted by Gasteiger charge is -2.31. The lowest BCUT2D eigenvalue weighted by molar-refractivity contribution is -0.125. The molecule has 0 radical (unpaired) electrons. The number of amides is 1. The Hall–Kier alpha value is -0.570. The predicted octanol–water partition coefficient (Wildman–Crippen LogP) is 2.21. The minimum absolute atomic E-state index is 0.0654. The van der Waals surface area contributed by atoms with E-state index in [0.29, 0.717) is 6.04 Å². The highest BCUT2D eigenvalue weighted by atomic mass is 16.2. The van der Waals surface area contributed by atoms with Crippen LogP contribution in [0.4, 0.5) is 0 Å². The second kappa shape index (κ2) is 6.39. The van der Waals surface area contributed by atoms with Crippen molar-refractivity contribution in [2.75, 3.05) is 6.54 Å². The van der Waals surface area contributed by atoms with E-state index in [-0.39, 0.29) is 11.9 Å². The van der Waals surface area contributed by atoms with Crippen molar-refractivity contribution >= 4 is 5.91 Å². The van der Waals surface area contributed by atoms with Crippen LogP contribution in [0, 0.1) is 5.92 Å². The van der Waals surface area contributed by atoms with Gasteiger partial charge >= 0.3 is 0 Å². The van der Waals surface area contributed by atoms with Crippen molar-refractivity contribution in [3.05, 3.63) is 0 Å². The first kappa shape index (κ1) is 12.9. The lowest BCUT2D eigenvalue weighted by Crippen LogP contribution is -2.51. The summed E-state index contributed by atoms with van der Waals surface area (Å²) >= 11 is 0. The molecule has 17 heavy (non-hydrogen) atoms. The Morgan fingerprint density at radius 1 is 1.24 bits per heavy atom. The molecule has 2 fully saturated rings. The normalized spacial score (nSPS) is 31.1. The van der Waals surface area contributed by atoms with Crippen LogP contribution in [0.1, 0.15) is 58.3 Å². The number of hydrogen-bond donors (Lipinski definition) is 2. The average Bonchev–Trinajstić information content (AvgIpc) is 2.40. The van der Waals surface area contributed by atoms with Gasteiger partial charge in [0.15, 0.2) is 0 Å². The Labute approximate surface area is 105 Å². The van der Waals surface area contributed by atoms with Gasteiger partial charge in [0.25, 0.3) is 0 Å². The van der Waals surface area contributed by atoms with Gasteiger partial charge in [-0.05, 0) is 38.1 Å². The van der Waals surface area contributed by atoms with Gasteiger partial charge in [-0.1, -0.05) is 32.6 Å². The summed E-state index contributed by atoms with van der Waals surface area (Å²) in [5.41, 5.74) is 0. The summed E-state index contributed by atoms with van der Waals surface area (Å²) in [7, 11) is 0. The molecular weight excluding hydrogens is 212 g/mol. The van der Waals surface area contributed by atoms with Crippen molar-refractivity contribution in [1.82, 2.24) is 10.6 Å². The first-order chi connectivity index (χ1) is 8.29. The number of hydrogen-bond acceptors (Lipinski definition) is 2.